The molecular weight excluding hydrogens is 436 g/mol. The number of nitriles is 1. The summed E-state index contributed by atoms with van der Waals surface area (Å²) in [6.07, 6.45) is 7.62. The van der Waals surface area contributed by atoms with E-state index in [1.807, 2.05) is 77.8 Å². The van der Waals surface area contributed by atoms with Gasteiger partial charge in [-0.25, -0.2) is 9.80 Å². The lowest BCUT2D eigenvalue weighted by Crippen LogP contribution is -2.15. The molecule has 0 saturated heterocycles. The largest absolute Gasteiger partial charge is 0.477 e. The second kappa shape index (κ2) is 13.0. The Morgan fingerprint density at radius 2 is 1.63 bits per heavy atom. The molecule has 1 heterocycles. The number of para-hydroxylation sites is 2. The molecule has 1 unspecified atom stereocenters. The van der Waals surface area contributed by atoms with Gasteiger partial charge in [0.05, 0.1) is 23.3 Å². The first-order chi connectivity index (χ1) is 17.1. The molecule has 6 nitrogen and oxygen atoms in total. The Morgan fingerprint density at radius 3 is 2.14 bits per heavy atom. The summed E-state index contributed by atoms with van der Waals surface area (Å²) >= 11 is 0. The quantitative estimate of drug-likeness (QED) is 0.136. The molecule has 0 spiro atoms. The van der Waals surface area contributed by atoms with Crippen LogP contribution in [0, 0.1) is 17.2 Å². The second-order valence-corrected chi connectivity index (χ2v) is 8.41. The van der Waals surface area contributed by atoms with Gasteiger partial charge in [-0.3, -0.25) is 0 Å². The molecule has 0 amide bonds. The summed E-state index contributed by atoms with van der Waals surface area (Å²) in [7, 11) is 0. The molecule has 3 rings (SSSR count). The Morgan fingerprint density at radius 1 is 1.03 bits per heavy atom. The van der Waals surface area contributed by atoms with E-state index < -0.39 is 5.97 Å². The van der Waals surface area contributed by atoms with Crippen LogP contribution >= 0.6 is 0 Å². The third kappa shape index (κ3) is 6.94. The van der Waals surface area contributed by atoms with Crippen LogP contribution in [0.5, 0.6) is 0 Å². The number of rotatable bonds is 12. The molecule has 0 saturated carbocycles. The fourth-order valence-electron chi connectivity index (χ4n) is 3.95. The topological polar surface area (TPSA) is 81.6 Å². The van der Waals surface area contributed by atoms with Crippen molar-refractivity contribution in [3.8, 4) is 6.07 Å². The number of hydrogen-bond donors (Lipinski definition) is 1. The van der Waals surface area contributed by atoms with Crippen molar-refractivity contribution < 1.29 is 9.90 Å². The molecule has 1 N–H and O–H groups in total. The van der Waals surface area contributed by atoms with E-state index >= 15 is 0 Å². The molecular formula is C29H32N4O2. The number of benzene rings is 2. The molecule has 35 heavy (non-hydrogen) atoms. The highest BCUT2D eigenvalue weighted by atomic mass is 16.4. The Kier molecular flexibility index (Phi) is 9.44. The first kappa shape index (κ1) is 25.5. The van der Waals surface area contributed by atoms with Crippen LogP contribution in [0.15, 0.2) is 83.5 Å². The Hall–Kier alpha value is -4.11. The normalized spacial score (nSPS) is 12.4. The molecule has 0 radical (unpaired) electrons. The summed E-state index contributed by atoms with van der Waals surface area (Å²) in [5, 5.41) is 25.4. The molecule has 0 aliphatic carbocycles. The average molecular weight is 469 g/mol. The minimum absolute atomic E-state index is 0.287. The van der Waals surface area contributed by atoms with Gasteiger partial charge in [0.25, 0.3) is 0 Å². The lowest BCUT2D eigenvalue weighted by molar-refractivity contribution is -0.132. The monoisotopic (exact) mass is 468 g/mol. The molecule has 0 aliphatic rings. The molecule has 0 bridgehead atoms. The number of nitrogens with zero attached hydrogens (tertiary/aromatic N) is 4. The Labute approximate surface area is 207 Å². The van der Waals surface area contributed by atoms with Gasteiger partial charge in [0, 0.05) is 12.2 Å². The molecule has 1 aromatic heterocycles. The summed E-state index contributed by atoms with van der Waals surface area (Å²) in [6, 6.07) is 25.4. The highest BCUT2D eigenvalue weighted by Gasteiger charge is 2.15. The van der Waals surface area contributed by atoms with Crippen LogP contribution in [0.2, 0.25) is 0 Å². The molecule has 0 aliphatic heterocycles. The van der Waals surface area contributed by atoms with Gasteiger partial charge in [-0.1, -0.05) is 69.5 Å². The standard InChI is InChI=1S/C29H32N4O2/c1-3-5-12-23(4-2)22-32-27(19-24(20-30)29(34)35)17-18-28(32)21-31-33(25-13-8-6-9-14-25)26-15-10-7-11-16-26/h6-11,13-19,21,23H,3-5,12,22H2,1-2H3,(H,34,35)/b24-19-,31-21+. The number of carboxylic acid groups (broad SMARTS) is 1. The number of aromatic nitrogens is 1. The highest BCUT2D eigenvalue weighted by Crippen LogP contribution is 2.26. The van der Waals surface area contributed by atoms with E-state index in [2.05, 4.69) is 18.4 Å². The fraction of sp³-hybridized carbons (Fsp3) is 0.276. The average Bonchev–Trinajstić information content (AvgIpc) is 3.26. The molecule has 180 valence electrons. The van der Waals surface area contributed by atoms with Crippen molar-refractivity contribution in [3.05, 3.63) is 89.8 Å². The van der Waals surface area contributed by atoms with Crippen LogP contribution in [0.25, 0.3) is 6.08 Å². The number of carbonyl (C=O) groups is 1. The van der Waals surface area contributed by atoms with Gasteiger partial charge >= 0.3 is 5.97 Å². The van der Waals surface area contributed by atoms with E-state index in [4.69, 9.17) is 5.10 Å². The Balaban J connectivity index is 2.03. The molecule has 1 atom stereocenters. The van der Waals surface area contributed by atoms with E-state index in [9.17, 15) is 15.2 Å². The minimum Gasteiger partial charge on any atom is -0.477 e. The second-order valence-electron chi connectivity index (χ2n) is 8.41. The van der Waals surface area contributed by atoms with Crippen molar-refractivity contribution in [1.82, 2.24) is 4.57 Å². The van der Waals surface area contributed by atoms with Crippen molar-refractivity contribution in [2.45, 2.75) is 46.1 Å². The van der Waals surface area contributed by atoms with E-state index in [0.717, 1.165) is 49.3 Å². The third-order valence-corrected chi connectivity index (χ3v) is 5.98. The van der Waals surface area contributed by atoms with Crippen molar-refractivity contribution in [1.29, 1.82) is 5.26 Å². The van der Waals surface area contributed by atoms with Gasteiger partial charge in [0.2, 0.25) is 0 Å². The lowest BCUT2D eigenvalue weighted by atomic mass is 9.99. The maximum absolute atomic E-state index is 11.5. The number of carboxylic acids is 1. The first-order valence-electron chi connectivity index (χ1n) is 12.1. The summed E-state index contributed by atoms with van der Waals surface area (Å²) in [4.78, 5) is 11.5. The molecule has 2 aromatic carbocycles. The maximum Gasteiger partial charge on any atom is 0.346 e. The van der Waals surface area contributed by atoms with Crippen LogP contribution in [-0.4, -0.2) is 21.9 Å². The van der Waals surface area contributed by atoms with Crippen molar-refractivity contribution in [2.75, 3.05) is 5.01 Å². The van der Waals surface area contributed by atoms with Crippen molar-refractivity contribution in [3.63, 3.8) is 0 Å². The number of anilines is 2. The van der Waals surface area contributed by atoms with Crippen LogP contribution in [0.1, 0.15) is 50.9 Å². The highest BCUT2D eigenvalue weighted by molar-refractivity contribution is 5.96. The predicted octanol–water partition coefficient (Wildman–Crippen LogP) is 6.87. The Bertz CT molecular complexity index is 1150. The van der Waals surface area contributed by atoms with Crippen molar-refractivity contribution >= 4 is 29.6 Å². The van der Waals surface area contributed by atoms with Crippen molar-refractivity contribution in [2.24, 2.45) is 11.0 Å². The van der Waals surface area contributed by atoms with E-state index in [0.29, 0.717) is 11.6 Å². The van der Waals surface area contributed by atoms with Crippen LogP contribution in [0.3, 0.4) is 0 Å². The van der Waals surface area contributed by atoms with Gasteiger partial charge in [0.1, 0.15) is 11.6 Å². The number of unbranched alkanes of at least 4 members (excludes halogenated alkanes) is 1. The van der Waals surface area contributed by atoms with Crippen LogP contribution in [-0.2, 0) is 11.3 Å². The fourth-order valence-corrected chi connectivity index (χ4v) is 3.95. The summed E-state index contributed by atoms with van der Waals surface area (Å²) < 4.78 is 2.07. The molecule has 0 fully saturated rings. The summed E-state index contributed by atoms with van der Waals surface area (Å²) in [5.74, 6) is -0.788. The van der Waals surface area contributed by atoms with Crippen LogP contribution in [0.4, 0.5) is 11.4 Å². The SMILES string of the molecule is CCCCC(CC)Cn1c(/C=C(/C#N)C(=O)O)ccc1/C=N/N(c1ccccc1)c1ccccc1. The molecule has 3 aromatic rings. The third-order valence-electron chi connectivity index (χ3n) is 5.98. The van der Waals surface area contributed by atoms with Gasteiger partial charge in [-0.2, -0.15) is 10.4 Å². The smallest absolute Gasteiger partial charge is 0.346 e. The number of hydrogen-bond acceptors (Lipinski definition) is 4. The van der Waals surface area contributed by atoms with Gasteiger partial charge in [-0.05, 0) is 54.8 Å². The minimum atomic E-state index is -1.23. The number of hydrazone groups is 1. The van der Waals surface area contributed by atoms with E-state index in [1.165, 1.54) is 6.08 Å². The maximum atomic E-state index is 11.5. The zero-order chi connectivity index (χ0) is 25.0. The summed E-state index contributed by atoms with van der Waals surface area (Å²) in [6.45, 7) is 5.09. The van der Waals surface area contributed by atoms with Crippen LogP contribution < -0.4 is 5.01 Å². The lowest BCUT2D eigenvalue weighted by Gasteiger charge is -2.20. The summed E-state index contributed by atoms with van der Waals surface area (Å²) in [5.41, 5.74) is 3.11. The van der Waals surface area contributed by atoms with Gasteiger partial charge in [0.15, 0.2) is 0 Å². The molecule has 6 heteroatoms. The van der Waals surface area contributed by atoms with E-state index in [-0.39, 0.29) is 5.57 Å². The first-order valence-corrected chi connectivity index (χ1v) is 12.1. The van der Waals surface area contributed by atoms with Gasteiger partial charge < -0.3 is 9.67 Å². The zero-order valence-corrected chi connectivity index (χ0v) is 20.3. The zero-order valence-electron chi connectivity index (χ0n) is 20.3. The number of aliphatic carboxylic acids is 1. The predicted molar refractivity (Wildman–Crippen MR) is 142 cm³/mol. The van der Waals surface area contributed by atoms with E-state index in [1.54, 1.807) is 12.3 Å². The van der Waals surface area contributed by atoms with Gasteiger partial charge in [-0.15, -0.1) is 0 Å².